The minimum absolute atomic E-state index is 0.311. The highest BCUT2D eigenvalue weighted by Crippen LogP contribution is 2.32. The summed E-state index contributed by atoms with van der Waals surface area (Å²) in [6.07, 6.45) is -3.69. The molecule has 5 nitrogen and oxygen atoms in total. The Morgan fingerprint density at radius 2 is 2.05 bits per heavy atom. The first-order valence-electron chi connectivity index (χ1n) is 5.54. The summed E-state index contributed by atoms with van der Waals surface area (Å²) >= 11 is 0. The third-order valence-electron chi connectivity index (χ3n) is 2.72. The number of carbonyl (C=O) groups is 1. The molecule has 0 aliphatic carbocycles. The van der Waals surface area contributed by atoms with Crippen molar-refractivity contribution in [2.45, 2.75) is 6.18 Å². The quantitative estimate of drug-likeness (QED) is 0.683. The van der Waals surface area contributed by atoms with E-state index in [2.05, 4.69) is 9.72 Å². The number of halogens is 4. The topological polar surface area (TPSA) is 70.1 Å². The van der Waals surface area contributed by atoms with Gasteiger partial charge in [-0.3, -0.25) is 4.57 Å². The van der Waals surface area contributed by atoms with Gasteiger partial charge in [-0.1, -0.05) is 0 Å². The molecule has 9 heteroatoms. The number of carbonyl (C=O) groups excluding carboxylic acids is 1. The highest BCUT2D eigenvalue weighted by molar-refractivity contribution is 5.92. The Kier molecular flexibility index (Phi) is 3.58. The monoisotopic (exact) mass is 303 g/mol. The Bertz CT molecular complexity index is 694. The van der Waals surface area contributed by atoms with Gasteiger partial charge in [-0.25, -0.2) is 14.2 Å². The standard InChI is InChI=1S/C12H9F4N3O2/c1-21-11(20)9-10(17)19(5-18-9)8-4-6(12(14,15)16)2-3-7(8)13/h2-5H,17H2,1H3. The molecule has 0 saturated carbocycles. The molecule has 0 atom stereocenters. The minimum atomic E-state index is -4.64. The zero-order chi connectivity index (χ0) is 15.8. The molecule has 2 N–H and O–H groups in total. The highest BCUT2D eigenvalue weighted by atomic mass is 19.4. The first-order chi connectivity index (χ1) is 9.75. The summed E-state index contributed by atoms with van der Waals surface area (Å²) in [6.45, 7) is 0. The van der Waals surface area contributed by atoms with Crippen LogP contribution in [0.5, 0.6) is 0 Å². The fourth-order valence-corrected chi connectivity index (χ4v) is 1.68. The number of hydrogen-bond acceptors (Lipinski definition) is 4. The average molecular weight is 303 g/mol. The molecule has 0 saturated heterocycles. The van der Waals surface area contributed by atoms with Gasteiger partial charge in [0, 0.05) is 0 Å². The zero-order valence-electron chi connectivity index (χ0n) is 10.6. The van der Waals surface area contributed by atoms with E-state index in [0.717, 1.165) is 18.0 Å². The summed E-state index contributed by atoms with van der Waals surface area (Å²) in [5, 5.41) is 0. The molecule has 2 rings (SSSR count). The molecule has 2 aromatic rings. The number of alkyl halides is 3. The van der Waals surface area contributed by atoms with Crippen molar-refractivity contribution in [1.29, 1.82) is 0 Å². The lowest BCUT2D eigenvalue weighted by molar-refractivity contribution is -0.137. The van der Waals surface area contributed by atoms with Crippen molar-refractivity contribution in [3.63, 3.8) is 0 Å². The van der Waals surface area contributed by atoms with Crippen molar-refractivity contribution in [3.05, 3.63) is 41.6 Å². The first kappa shape index (κ1) is 14.8. The number of esters is 1. The second kappa shape index (κ2) is 5.08. The summed E-state index contributed by atoms with van der Waals surface area (Å²) in [5.41, 5.74) is 3.76. The number of hydrogen-bond donors (Lipinski definition) is 1. The second-order valence-corrected chi connectivity index (χ2v) is 4.00. The SMILES string of the molecule is COC(=O)c1ncn(-c2cc(C(F)(F)F)ccc2F)c1N. The van der Waals surface area contributed by atoms with Crippen molar-refractivity contribution in [2.75, 3.05) is 12.8 Å². The average Bonchev–Trinajstić information content (AvgIpc) is 2.79. The van der Waals surface area contributed by atoms with E-state index in [1.807, 2.05) is 0 Å². The van der Waals surface area contributed by atoms with Crippen LogP contribution in [0.25, 0.3) is 5.69 Å². The minimum Gasteiger partial charge on any atom is -0.464 e. The van der Waals surface area contributed by atoms with Crippen LogP contribution in [0.4, 0.5) is 23.4 Å². The molecule has 0 spiro atoms. The van der Waals surface area contributed by atoms with Crippen molar-refractivity contribution < 1.29 is 27.1 Å². The molecule has 0 unspecified atom stereocenters. The molecule has 0 aliphatic heterocycles. The van der Waals surface area contributed by atoms with Crippen LogP contribution in [0.3, 0.4) is 0 Å². The van der Waals surface area contributed by atoms with Gasteiger partial charge in [-0.05, 0) is 18.2 Å². The second-order valence-electron chi connectivity index (χ2n) is 4.00. The van der Waals surface area contributed by atoms with E-state index in [9.17, 15) is 22.4 Å². The number of aromatic nitrogens is 2. The lowest BCUT2D eigenvalue weighted by Gasteiger charge is -2.11. The van der Waals surface area contributed by atoms with E-state index in [4.69, 9.17) is 5.73 Å². The van der Waals surface area contributed by atoms with Crippen LogP contribution >= 0.6 is 0 Å². The van der Waals surface area contributed by atoms with E-state index in [1.165, 1.54) is 0 Å². The Balaban J connectivity index is 2.57. The highest BCUT2D eigenvalue weighted by Gasteiger charge is 2.31. The molecule has 0 bridgehead atoms. The lowest BCUT2D eigenvalue weighted by atomic mass is 10.2. The van der Waals surface area contributed by atoms with Gasteiger partial charge in [0.15, 0.2) is 5.69 Å². The van der Waals surface area contributed by atoms with Gasteiger partial charge in [-0.2, -0.15) is 13.2 Å². The van der Waals surface area contributed by atoms with E-state index >= 15 is 0 Å². The number of nitrogen functional groups attached to an aromatic ring is 1. The summed E-state index contributed by atoms with van der Waals surface area (Å²) < 4.78 is 56.9. The van der Waals surface area contributed by atoms with E-state index in [1.54, 1.807) is 0 Å². The van der Waals surface area contributed by atoms with Gasteiger partial charge in [0.2, 0.25) is 0 Å². The molecule has 21 heavy (non-hydrogen) atoms. The van der Waals surface area contributed by atoms with Crippen LogP contribution in [-0.2, 0) is 10.9 Å². The largest absolute Gasteiger partial charge is 0.464 e. The predicted octanol–water partition coefficient (Wildman–Crippen LogP) is 2.40. The number of methoxy groups -OCH3 is 1. The van der Waals surface area contributed by atoms with Gasteiger partial charge >= 0.3 is 12.1 Å². The number of ether oxygens (including phenoxy) is 1. The van der Waals surface area contributed by atoms with Crippen molar-refractivity contribution in [2.24, 2.45) is 0 Å². The maximum Gasteiger partial charge on any atom is 0.416 e. The van der Waals surface area contributed by atoms with Crippen molar-refractivity contribution in [1.82, 2.24) is 9.55 Å². The van der Waals surface area contributed by atoms with E-state index in [0.29, 0.717) is 18.2 Å². The Hall–Kier alpha value is -2.58. The van der Waals surface area contributed by atoms with Crippen LogP contribution in [0.1, 0.15) is 16.1 Å². The third kappa shape index (κ3) is 2.67. The molecule has 0 aliphatic rings. The van der Waals surface area contributed by atoms with Gasteiger partial charge in [0.05, 0.1) is 18.4 Å². The number of nitrogens with zero attached hydrogens (tertiary/aromatic N) is 2. The summed E-state index contributed by atoms with van der Waals surface area (Å²) in [5.74, 6) is -2.14. The molecule has 1 aromatic carbocycles. The molecular formula is C12H9F4N3O2. The molecule has 0 fully saturated rings. The molecular weight excluding hydrogens is 294 g/mol. The van der Waals surface area contributed by atoms with Crippen LogP contribution in [0, 0.1) is 5.82 Å². The van der Waals surface area contributed by atoms with Crippen molar-refractivity contribution in [3.8, 4) is 5.69 Å². The number of rotatable bonds is 2. The van der Waals surface area contributed by atoms with Crippen LogP contribution in [0.15, 0.2) is 24.5 Å². The van der Waals surface area contributed by atoms with Crippen molar-refractivity contribution >= 4 is 11.8 Å². The Morgan fingerprint density at radius 1 is 1.38 bits per heavy atom. The predicted molar refractivity (Wildman–Crippen MR) is 64.3 cm³/mol. The number of nitrogens with two attached hydrogens (primary N) is 1. The van der Waals surface area contributed by atoms with Crippen LogP contribution in [-0.4, -0.2) is 22.6 Å². The lowest BCUT2D eigenvalue weighted by Crippen LogP contribution is -2.10. The molecule has 1 aromatic heterocycles. The third-order valence-corrected chi connectivity index (χ3v) is 2.72. The molecule has 0 radical (unpaired) electrons. The number of anilines is 1. The molecule has 112 valence electrons. The van der Waals surface area contributed by atoms with E-state index in [-0.39, 0.29) is 11.5 Å². The van der Waals surface area contributed by atoms with Gasteiger partial charge in [-0.15, -0.1) is 0 Å². The molecule has 1 heterocycles. The van der Waals surface area contributed by atoms with Crippen LogP contribution in [0.2, 0.25) is 0 Å². The van der Waals surface area contributed by atoms with Gasteiger partial charge in [0.25, 0.3) is 0 Å². The maximum atomic E-state index is 13.7. The number of benzene rings is 1. The zero-order valence-corrected chi connectivity index (χ0v) is 10.6. The summed E-state index contributed by atoms with van der Waals surface area (Å²) in [6, 6.07) is 1.84. The fourth-order valence-electron chi connectivity index (χ4n) is 1.68. The summed E-state index contributed by atoms with van der Waals surface area (Å²) in [4.78, 5) is 14.9. The smallest absolute Gasteiger partial charge is 0.416 e. The Labute approximate surface area is 115 Å². The first-order valence-corrected chi connectivity index (χ1v) is 5.54. The van der Waals surface area contributed by atoms with Gasteiger partial charge in [0.1, 0.15) is 18.0 Å². The fraction of sp³-hybridized carbons (Fsp3) is 0.167. The normalized spacial score (nSPS) is 11.5. The van der Waals surface area contributed by atoms with Crippen LogP contribution < -0.4 is 5.73 Å². The number of imidazole rings is 1. The maximum absolute atomic E-state index is 13.7. The Morgan fingerprint density at radius 3 is 2.62 bits per heavy atom. The van der Waals surface area contributed by atoms with Gasteiger partial charge < -0.3 is 10.5 Å². The molecule has 0 amide bonds. The van der Waals surface area contributed by atoms with E-state index < -0.39 is 29.2 Å². The summed E-state index contributed by atoms with van der Waals surface area (Å²) in [7, 11) is 1.09.